The molecule has 0 radical (unpaired) electrons. The van der Waals surface area contributed by atoms with Crippen LogP contribution in [0.1, 0.15) is 19.8 Å². The van der Waals surface area contributed by atoms with Gasteiger partial charge in [-0.2, -0.15) is 0 Å². The number of aromatic nitrogens is 1. The molecule has 0 saturated heterocycles. The summed E-state index contributed by atoms with van der Waals surface area (Å²) >= 11 is 0. The van der Waals surface area contributed by atoms with Crippen LogP contribution in [0.4, 0.5) is 5.69 Å². The number of benzene rings is 2. The first-order valence-corrected chi connectivity index (χ1v) is 6.63. The summed E-state index contributed by atoms with van der Waals surface area (Å²) in [6.07, 6.45) is 2.42. The lowest BCUT2D eigenvalue weighted by Crippen LogP contribution is -2.00. The number of hydrogen-bond acceptors (Lipinski definition) is 1. The van der Waals surface area contributed by atoms with Gasteiger partial charge in [0, 0.05) is 22.8 Å². The fourth-order valence-electron chi connectivity index (χ4n) is 2.42. The molecule has 0 atom stereocenters. The van der Waals surface area contributed by atoms with Crippen molar-refractivity contribution in [3.63, 3.8) is 0 Å². The Morgan fingerprint density at radius 1 is 1.00 bits per heavy atom. The van der Waals surface area contributed by atoms with Gasteiger partial charge in [-0.05, 0) is 18.6 Å². The van der Waals surface area contributed by atoms with Gasteiger partial charge in [-0.25, -0.2) is 0 Å². The molecular weight excluding hydrogens is 347 g/mol. The second-order valence-electron chi connectivity index (χ2n) is 4.68. The fourth-order valence-corrected chi connectivity index (χ4v) is 2.42. The van der Waals surface area contributed by atoms with Gasteiger partial charge in [0.05, 0.1) is 11.2 Å². The van der Waals surface area contributed by atoms with Crippen molar-refractivity contribution in [1.29, 1.82) is 0 Å². The number of H-pyrrole nitrogens is 1. The summed E-state index contributed by atoms with van der Waals surface area (Å²) in [7, 11) is 0. The zero-order valence-electron chi connectivity index (χ0n) is 11.1. The Labute approximate surface area is 130 Å². The number of fused-ring (bicyclic) bond motifs is 3. The van der Waals surface area contributed by atoms with Crippen molar-refractivity contribution in [1.82, 2.24) is 4.98 Å². The highest BCUT2D eigenvalue weighted by molar-refractivity contribution is 14.0. The first-order valence-electron chi connectivity index (χ1n) is 6.63. The first kappa shape index (κ1) is 14.2. The highest BCUT2D eigenvalue weighted by Gasteiger charge is 2.06. The molecule has 3 rings (SSSR count). The molecule has 2 nitrogen and oxygen atoms in total. The summed E-state index contributed by atoms with van der Waals surface area (Å²) in [5.74, 6) is 0. The van der Waals surface area contributed by atoms with Gasteiger partial charge in [-0.15, -0.1) is 24.0 Å². The van der Waals surface area contributed by atoms with Crippen LogP contribution in [0.3, 0.4) is 0 Å². The molecule has 0 spiro atoms. The fraction of sp³-hybridized carbons (Fsp3) is 0.250. The lowest BCUT2D eigenvalue weighted by Gasteiger charge is -2.06. The molecule has 1 aromatic heterocycles. The van der Waals surface area contributed by atoms with Crippen LogP contribution in [0.15, 0.2) is 42.5 Å². The minimum Gasteiger partial charge on any atom is -0.383 e. The van der Waals surface area contributed by atoms with E-state index in [1.165, 1.54) is 40.3 Å². The summed E-state index contributed by atoms with van der Waals surface area (Å²) in [6, 6.07) is 14.9. The lowest BCUT2D eigenvalue weighted by atomic mass is 10.1. The Morgan fingerprint density at radius 2 is 1.79 bits per heavy atom. The van der Waals surface area contributed by atoms with Crippen molar-refractivity contribution in [3.05, 3.63) is 42.5 Å². The van der Waals surface area contributed by atoms with Crippen LogP contribution in [0, 0.1) is 0 Å². The van der Waals surface area contributed by atoms with Gasteiger partial charge >= 0.3 is 0 Å². The third kappa shape index (κ3) is 2.71. The number of para-hydroxylation sites is 2. The lowest BCUT2D eigenvalue weighted by molar-refractivity contribution is 0.835. The molecule has 19 heavy (non-hydrogen) atoms. The molecule has 0 amide bonds. The predicted octanol–water partition coefficient (Wildman–Crippen LogP) is 5.15. The Kier molecular flexibility index (Phi) is 4.69. The highest BCUT2D eigenvalue weighted by atomic mass is 127. The molecule has 0 fully saturated rings. The van der Waals surface area contributed by atoms with E-state index in [1.54, 1.807) is 0 Å². The van der Waals surface area contributed by atoms with Crippen molar-refractivity contribution < 1.29 is 0 Å². The van der Waals surface area contributed by atoms with Crippen LogP contribution >= 0.6 is 24.0 Å². The molecule has 3 aromatic rings. The van der Waals surface area contributed by atoms with Crippen LogP contribution in [-0.2, 0) is 0 Å². The number of halogens is 1. The van der Waals surface area contributed by atoms with E-state index in [-0.39, 0.29) is 24.0 Å². The molecule has 0 aliphatic heterocycles. The van der Waals surface area contributed by atoms with E-state index < -0.39 is 0 Å². The minimum absolute atomic E-state index is 0. The van der Waals surface area contributed by atoms with Gasteiger partial charge in [0.1, 0.15) is 0 Å². The standard InChI is InChI=1S/C16H18N2.HI/c1-2-3-11-17-15-10-6-8-13-12-7-4-5-9-14(12)18-16(13)15;/h4-10,17-18H,2-3,11H2,1H3;1H. The van der Waals surface area contributed by atoms with E-state index in [0.717, 1.165) is 6.54 Å². The van der Waals surface area contributed by atoms with Crippen molar-refractivity contribution in [2.75, 3.05) is 11.9 Å². The maximum Gasteiger partial charge on any atom is 0.0700 e. The summed E-state index contributed by atoms with van der Waals surface area (Å²) in [6.45, 7) is 3.25. The van der Waals surface area contributed by atoms with E-state index in [0.29, 0.717) is 0 Å². The Balaban J connectivity index is 0.00000133. The van der Waals surface area contributed by atoms with Crippen molar-refractivity contribution in [3.8, 4) is 0 Å². The molecular formula is C16H19IN2. The molecule has 1 heterocycles. The molecule has 2 aromatic carbocycles. The molecule has 0 saturated carbocycles. The number of anilines is 1. The Hall–Kier alpha value is -1.23. The van der Waals surface area contributed by atoms with Crippen molar-refractivity contribution in [2.24, 2.45) is 0 Å². The summed E-state index contributed by atoms with van der Waals surface area (Å²) < 4.78 is 0. The van der Waals surface area contributed by atoms with Crippen LogP contribution < -0.4 is 5.32 Å². The predicted molar refractivity (Wildman–Crippen MR) is 94.6 cm³/mol. The van der Waals surface area contributed by atoms with E-state index in [1.807, 2.05) is 0 Å². The highest BCUT2D eigenvalue weighted by Crippen LogP contribution is 2.29. The van der Waals surface area contributed by atoms with E-state index in [2.05, 4.69) is 59.7 Å². The largest absolute Gasteiger partial charge is 0.383 e. The second kappa shape index (κ2) is 6.28. The third-order valence-corrected chi connectivity index (χ3v) is 3.39. The van der Waals surface area contributed by atoms with Gasteiger partial charge < -0.3 is 10.3 Å². The molecule has 0 aliphatic carbocycles. The molecule has 0 aliphatic rings. The zero-order chi connectivity index (χ0) is 12.4. The first-order chi connectivity index (χ1) is 8.90. The molecule has 0 bridgehead atoms. The number of rotatable bonds is 4. The minimum atomic E-state index is 0. The summed E-state index contributed by atoms with van der Waals surface area (Å²) in [5.41, 5.74) is 3.63. The van der Waals surface area contributed by atoms with Crippen LogP contribution in [0.2, 0.25) is 0 Å². The average Bonchev–Trinajstić information content (AvgIpc) is 2.79. The Bertz CT molecular complexity index is 673. The van der Waals surface area contributed by atoms with Crippen LogP contribution in [0.5, 0.6) is 0 Å². The topological polar surface area (TPSA) is 27.8 Å². The SMILES string of the molecule is CCCCNc1cccc2c1[nH]c1ccccc12.I. The van der Waals surface area contributed by atoms with E-state index in [9.17, 15) is 0 Å². The molecule has 100 valence electrons. The quantitative estimate of drug-likeness (QED) is 0.485. The third-order valence-electron chi connectivity index (χ3n) is 3.39. The Morgan fingerprint density at radius 3 is 2.63 bits per heavy atom. The monoisotopic (exact) mass is 366 g/mol. The average molecular weight is 366 g/mol. The molecule has 0 unspecified atom stereocenters. The van der Waals surface area contributed by atoms with Crippen LogP contribution in [0.25, 0.3) is 21.8 Å². The number of unbranched alkanes of at least 4 members (excludes halogenated alkanes) is 1. The summed E-state index contributed by atoms with van der Waals surface area (Å²) in [5, 5.41) is 6.11. The van der Waals surface area contributed by atoms with Gasteiger partial charge in [0.15, 0.2) is 0 Å². The van der Waals surface area contributed by atoms with Gasteiger partial charge in [0.25, 0.3) is 0 Å². The number of aromatic amines is 1. The van der Waals surface area contributed by atoms with Crippen molar-refractivity contribution in [2.45, 2.75) is 19.8 Å². The maximum absolute atomic E-state index is 3.52. The zero-order valence-corrected chi connectivity index (χ0v) is 13.4. The van der Waals surface area contributed by atoms with Crippen molar-refractivity contribution >= 4 is 51.5 Å². The van der Waals surface area contributed by atoms with Gasteiger partial charge in [-0.1, -0.05) is 43.7 Å². The number of hydrogen-bond donors (Lipinski definition) is 2. The molecule has 2 N–H and O–H groups in total. The number of nitrogens with one attached hydrogen (secondary N) is 2. The van der Waals surface area contributed by atoms with Gasteiger partial charge in [-0.3, -0.25) is 0 Å². The maximum atomic E-state index is 3.52. The van der Waals surface area contributed by atoms with E-state index >= 15 is 0 Å². The normalized spacial score (nSPS) is 10.6. The van der Waals surface area contributed by atoms with Gasteiger partial charge in [0.2, 0.25) is 0 Å². The summed E-state index contributed by atoms with van der Waals surface area (Å²) in [4.78, 5) is 3.51. The van der Waals surface area contributed by atoms with E-state index in [4.69, 9.17) is 0 Å². The van der Waals surface area contributed by atoms with Crippen LogP contribution in [-0.4, -0.2) is 11.5 Å². The smallest absolute Gasteiger partial charge is 0.0700 e. The molecule has 3 heteroatoms. The second-order valence-corrected chi connectivity index (χ2v) is 4.68.